The van der Waals surface area contributed by atoms with E-state index in [0.717, 1.165) is 16.3 Å². The number of carboxylic acids is 1. The van der Waals surface area contributed by atoms with Crippen LogP contribution in [0, 0.1) is 0 Å². The highest BCUT2D eigenvalue weighted by Crippen LogP contribution is 2.26. The summed E-state index contributed by atoms with van der Waals surface area (Å²) in [5.41, 5.74) is 2.14. The van der Waals surface area contributed by atoms with Gasteiger partial charge in [-0.25, -0.2) is 14.4 Å². The monoisotopic (exact) mass is 326 g/mol. The van der Waals surface area contributed by atoms with Crippen LogP contribution in [-0.4, -0.2) is 30.9 Å². The predicted molar refractivity (Wildman–Crippen MR) is 83.4 cm³/mol. The average molecular weight is 326 g/mol. The minimum Gasteiger partial charge on any atom is -0.477 e. The lowest BCUT2D eigenvalue weighted by Gasteiger charge is -2.06. The maximum atomic E-state index is 11.0. The van der Waals surface area contributed by atoms with Crippen molar-refractivity contribution in [1.82, 2.24) is 19.9 Å². The summed E-state index contributed by atoms with van der Waals surface area (Å²) in [6, 6.07) is 9.02. The van der Waals surface area contributed by atoms with Gasteiger partial charge in [-0.1, -0.05) is 6.07 Å². The first-order chi connectivity index (χ1) is 11.2. The quantitative estimate of drug-likeness (QED) is 0.619. The summed E-state index contributed by atoms with van der Waals surface area (Å²) in [5.74, 6) is -0.179. The van der Waals surface area contributed by atoms with Gasteiger partial charge in [-0.05, 0) is 34.6 Å². The molecule has 0 aliphatic heterocycles. The Hall–Kier alpha value is -3.00. The van der Waals surface area contributed by atoms with Crippen molar-refractivity contribution < 1.29 is 14.5 Å². The van der Waals surface area contributed by atoms with Crippen molar-refractivity contribution in [2.45, 2.75) is 6.54 Å². The number of carboxylic acid groups (broad SMARTS) is 1. The van der Waals surface area contributed by atoms with Gasteiger partial charge in [-0.3, -0.25) is 0 Å². The van der Waals surface area contributed by atoms with Gasteiger partial charge in [0.1, 0.15) is 21.7 Å². The molecule has 1 N–H and O–H groups in total. The zero-order valence-electron chi connectivity index (χ0n) is 11.7. The summed E-state index contributed by atoms with van der Waals surface area (Å²) in [7, 11) is 0. The molecule has 0 saturated heterocycles. The Morgan fingerprint density at radius 2 is 2.17 bits per heavy atom. The standard InChI is InChI=1S/C15H10N4O3S/c20-15(21)12-5-4-9(23-12)8-19-7-6-16-14(19)10-2-1-3-11-13(10)18-22-17-11/h1-7H,8H2,(H,20,21). The van der Waals surface area contributed by atoms with Crippen molar-refractivity contribution >= 4 is 28.3 Å². The van der Waals surface area contributed by atoms with Gasteiger partial charge in [0, 0.05) is 22.8 Å². The lowest BCUT2D eigenvalue weighted by atomic mass is 10.1. The number of aromatic nitrogens is 4. The van der Waals surface area contributed by atoms with E-state index in [4.69, 9.17) is 9.74 Å². The highest BCUT2D eigenvalue weighted by atomic mass is 32.1. The molecule has 8 heteroatoms. The fourth-order valence-electron chi connectivity index (χ4n) is 2.41. The SMILES string of the molecule is O=C(O)c1ccc(Cn2ccnc2-c2cccc3nonc23)s1. The summed E-state index contributed by atoms with van der Waals surface area (Å²) in [5, 5.41) is 16.8. The van der Waals surface area contributed by atoms with Crippen molar-refractivity contribution in [1.29, 1.82) is 0 Å². The van der Waals surface area contributed by atoms with E-state index in [9.17, 15) is 4.79 Å². The molecule has 0 unspecified atom stereocenters. The number of rotatable bonds is 4. The Morgan fingerprint density at radius 1 is 1.26 bits per heavy atom. The van der Waals surface area contributed by atoms with E-state index in [1.807, 2.05) is 35.0 Å². The summed E-state index contributed by atoms with van der Waals surface area (Å²) < 4.78 is 6.74. The largest absolute Gasteiger partial charge is 0.477 e. The average Bonchev–Trinajstić information content (AvgIpc) is 3.27. The van der Waals surface area contributed by atoms with Crippen molar-refractivity contribution in [2.75, 3.05) is 0 Å². The van der Waals surface area contributed by atoms with Gasteiger partial charge < -0.3 is 9.67 Å². The fourth-order valence-corrected chi connectivity index (χ4v) is 3.26. The zero-order chi connectivity index (χ0) is 15.8. The molecule has 0 saturated carbocycles. The number of hydrogen-bond donors (Lipinski definition) is 1. The van der Waals surface area contributed by atoms with Gasteiger partial charge in [-0.2, -0.15) is 0 Å². The highest BCUT2D eigenvalue weighted by molar-refractivity contribution is 7.13. The maximum Gasteiger partial charge on any atom is 0.345 e. The van der Waals surface area contributed by atoms with Crippen LogP contribution in [-0.2, 0) is 6.54 Å². The number of fused-ring (bicyclic) bond motifs is 1. The Bertz CT molecular complexity index is 1000. The van der Waals surface area contributed by atoms with Crippen molar-refractivity contribution in [3.63, 3.8) is 0 Å². The Balaban J connectivity index is 1.73. The first-order valence-electron chi connectivity index (χ1n) is 6.77. The van der Waals surface area contributed by atoms with Gasteiger partial charge in [0.25, 0.3) is 0 Å². The molecule has 114 valence electrons. The lowest BCUT2D eigenvalue weighted by Crippen LogP contribution is -2.00. The second-order valence-corrected chi connectivity index (χ2v) is 6.06. The number of aromatic carboxylic acids is 1. The van der Waals surface area contributed by atoms with Crippen molar-refractivity contribution in [2.24, 2.45) is 0 Å². The minimum atomic E-state index is -0.912. The summed E-state index contributed by atoms with van der Waals surface area (Å²) in [4.78, 5) is 16.6. The highest BCUT2D eigenvalue weighted by Gasteiger charge is 2.14. The van der Waals surface area contributed by atoms with E-state index < -0.39 is 5.97 Å². The van der Waals surface area contributed by atoms with Crippen LogP contribution in [0.1, 0.15) is 14.5 Å². The van der Waals surface area contributed by atoms with Gasteiger partial charge in [0.05, 0.1) is 6.54 Å². The Morgan fingerprint density at radius 3 is 3.00 bits per heavy atom. The molecule has 0 radical (unpaired) electrons. The van der Waals surface area contributed by atoms with Crippen LogP contribution >= 0.6 is 11.3 Å². The number of nitrogens with zero attached hydrogens (tertiary/aromatic N) is 4. The summed E-state index contributed by atoms with van der Waals surface area (Å²) >= 11 is 1.25. The molecule has 4 rings (SSSR count). The molecule has 3 aromatic heterocycles. The fraction of sp³-hybridized carbons (Fsp3) is 0.0667. The number of benzene rings is 1. The van der Waals surface area contributed by atoms with E-state index >= 15 is 0 Å². The summed E-state index contributed by atoms with van der Waals surface area (Å²) in [6.45, 7) is 0.537. The molecule has 23 heavy (non-hydrogen) atoms. The number of imidazole rings is 1. The zero-order valence-corrected chi connectivity index (χ0v) is 12.5. The molecule has 4 aromatic rings. The Kier molecular flexibility index (Phi) is 3.16. The van der Waals surface area contributed by atoms with Crippen LogP contribution in [0.3, 0.4) is 0 Å². The molecule has 0 bridgehead atoms. The van der Waals surface area contributed by atoms with E-state index in [-0.39, 0.29) is 0 Å². The molecule has 3 heterocycles. The molecule has 0 fully saturated rings. The molecule has 7 nitrogen and oxygen atoms in total. The van der Waals surface area contributed by atoms with Crippen molar-refractivity contribution in [3.05, 3.63) is 52.5 Å². The smallest absolute Gasteiger partial charge is 0.345 e. The predicted octanol–water partition coefficient (Wildman–Crippen LogP) is 2.89. The van der Waals surface area contributed by atoms with Gasteiger partial charge >= 0.3 is 5.97 Å². The molecule has 1 aromatic carbocycles. The third-order valence-corrected chi connectivity index (χ3v) is 4.50. The molecule has 0 atom stereocenters. The van der Waals surface area contributed by atoms with E-state index in [1.165, 1.54) is 11.3 Å². The van der Waals surface area contributed by atoms with Crippen molar-refractivity contribution in [3.8, 4) is 11.4 Å². The Labute approximate surface area is 133 Å². The second kappa shape index (κ2) is 5.33. The number of hydrogen-bond acceptors (Lipinski definition) is 6. The van der Waals surface area contributed by atoms with Crippen LogP contribution in [0.15, 0.2) is 47.4 Å². The number of carbonyl (C=O) groups is 1. The topological polar surface area (TPSA) is 94.0 Å². The molecule has 0 spiro atoms. The molecule has 0 aliphatic carbocycles. The first-order valence-corrected chi connectivity index (χ1v) is 7.59. The van der Waals surface area contributed by atoms with E-state index in [1.54, 1.807) is 12.3 Å². The maximum absolute atomic E-state index is 11.0. The van der Waals surface area contributed by atoms with E-state index in [2.05, 4.69) is 15.3 Å². The van der Waals surface area contributed by atoms with Crippen LogP contribution in [0.2, 0.25) is 0 Å². The molecular weight excluding hydrogens is 316 g/mol. The number of thiophene rings is 1. The van der Waals surface area contributed by atoms with Crippen LogP contribution in [0.25, 0.3) is 22.4 Å². The summed E-state index contributed by atoms with van der Waals surface area (Å²) in [6.07, 6.45) is 3.55. The first kappa shape index (κ1) is 13.6. The molecular formula is C15H10N4O3S. The molecule has 0 aliphatic rings. The van der Waals surface area contributed by atoms with Crippen LogP contribution in [0.4, 0.5) is 0 Å². The van der Waals surface area contributed by atoms with Gasteiger partial charge in [0.15, 0.2) is 0 Å². The van der Waals surface area contributed by atoms with Crippen LogP contribution < -0.4 is 0 Å². The second-order valence-electron chi connectivity index (χ2n) is 4.89. The third kappa shape index (κ3) is 2.38. The third-order valence-electron chi connectivity index (χ3n) is 3.44. The van der Waals surface area contributed by atoms with Gasteiger partial charge in [0.2, 0.25) is 0 Å². The normalized spacial score (nSPS) is 11.1. The van der Waals surface area contributed by atoms with Gasteiger partial charge in [-0.15, -0.1) is 11.3 Å². The minimum absolute atomic E-state index is 0.324. The van der Waals surface area contributed by atoms with Crippen LogP contribution in [0.5, 0.6) is 0 Å². The molecule has 0 amide bonds. The lowest BCUT2D eigenvalue weighted by molar-refractivity contribution is 0.0702. The van der Waals surface area contributed by atoms with E-state index in [0.29, 0.717) is 22.5 Å².